The number of aliphatic hydroxyl groups is 4. The number of hydrogen-bond acceptors (Lipinski definition) is 6. The van der Waals surface area contributed by atoms with Crippen molar-refractivity contribution >= 4 is 5.91 Å². The van der Waals surface area contributed by atoms with E-state index < -0.39 is 24.4 Å². The molecule has 0 spiro atoms. The molecule has 7 heteroatoms. The zero-order valence-electron chi connectivity index (χ0n) is 15.5. The summed E-state index contributed by atoms with van der Waals surface area (Å²) in [5.74, 6) is 0.908. The van der Waals surface area contributed by atoms with Crippen molar-refractivity contribution in [2.75, 3.05) is 32.8 Å². The zero-order valence-corrected chi connectivity index (χ0v) is 15.5. The van der Waals surface area contributed by atoms with Crippen molar-refractivity contribution in [1.82, 2.24) is 9.80 Å². The Hall–Kier alpha value is -0.730. The predicted molar refractivity (Wildman–Crippen MR) is 96.3 cm³/mol. The topological polar surface area (TPSA) is 104 Å². The third kappa shape index (κ3) is 4.39. The number of hydrogen-bond donors (Lipinski definition) is 4. The van der Waals surface area contributed by atoms with E-state index in [1.165, 1.54) is 19.3 Å². The summed E-state index contributed by atoms with van der Waals surface area (Å²) >= 11 is 0. The minimum Gasteiger partial charge on any atom is -0.395 e. The molecule has 26 heavy (non-hydrogen) atoms. The van der Waals surface area contributed by atoms with E-state index in [1.807, 2.05) is 9.80 Å². The van der Waals surface area contributed by atoms with Crippen LogP contribution in [0.5, 0.6) is 0 Å². The molecule has 0 radical (unpaired) electrons. The van der Waals surface area contributed by atoms with Crippen LogP contribution in [0.4, 0.5) is 0 Å². The number of likely N-dealkylation sites (tertiary alicyclic amines) is 2. The number of β-amino-alcohol motifs (C(OH)–C–C–N with tert-alkyl or cyclic N) is 1. The Balaban J connectivity index is 1.49. The lowest BCUT2D eigenvalue weighted by Gasteiger charge is -2.45. The van der Waals surface area contributed by atoms with Gasteiger partial charge in [0.2, 0.25) is 5.91 Å². The highest BCUT2D eigenvalue weighted by Crippen LogP contribution is 2.29. The van der Waals surface area contributed by atoms with Gasteiger partial charge in [-0.05, 0) is 31.6 Å². The Morgan fingerprint density at radius 1 is 0.923 bits per heavy atom. The minimum atomic E-state index is -1.21. The third-order valence-corrected chi connectivity index (χ3v) is 6.59. The second-order valence-corrected chi connectivity index (χ2v) is 8.36. The maximum absolute atomic E-state index is 12.7. The van der Waals surface area contributed by atoms with Gasteiger partial charge in [0.15, 0.2) is 0 Å². The van der Waals surface area contributed by atoms with Gasteiger partial charge in [-0.3, -0.25) is 9.69 Å². The molecule has 3 fully saturated rings. The van der Waals surface area contributed by atoms with Gasteiger partial charge in [-0.1, -0.05) is 19.3 Å². The van der Waals surface area contributed by atoms with Gasteiger partial charge in [-0.15, -0.1) is 0 Å². The summed E-state index contributed by atoms with van der Waals surface area (Å²) in [5, 5.41) is 39.4. The van der Waals surface area contributed by atoms with Gasteiger partial charge in [0, 0.05) is 32.1 Å². The normalized spacial score (nSPS) is 35.6. The second kappa shape index (κ2) is 8.97. The quantitative estimate of drug-likeness (QED) is 0.535. The average molecular weight is 370 g/mol. The van der Waals surface area contributed by atoms with Crippen LogP contribution in [0, 0.1) is 11.8 Å². The highest BCUT2D eigenvalue weighted by atomic mass is 16.4. The molecule has 2 saturated heterocycles. The van der Waals surface area contributed by atoms with Gasteiger partial charge >= 0.3 is 0 Å². The lowest BCUT2D eigenvalue weighted by atomic mass is 9.86. The van der Waals surface area contributed by atoms with Gasteiger partial charge in [0.1, 0.15) is 12.2 Å². The standard InChI is InChI=1S/C19H34N2O5/c22-12-15-17(24)18(25)16(23)11-21(15)10-13-6-8-20(9-7-13)19(26)14-4-2-1-3-5-14/h13-18,22-25H,1-12H2/t15-,16-,17+,18+/m0/s1. The molecule has 150 valence electrons. The number of aliphatic hydroxyl groups excluding tert-OH is 4. The molecular weight excluding hydrogens is 336 g/mol. The van der Waals surface area contributed by atoms with Crippen molar-refractivity contribution < 1.29 is 25.2 Å². The van der Waals surface area contributed by atoms with Crippen molar-refractivity contribution in [2.24, 2.45) is 11.8 Å². The van der Waals surface area contributed by atoms with Crippen molar-refractivity contribution in [3.8, 4) is 0 Å². The molecular formula is C19H34N2O5. The fourth-order valence-corrected chi connectivity index (χ4v) is 4.86. The summed E-state index contributed by atoms with van der Waals surface area (Å²) in [6, 6.07) is -0.546. The van der Waals surface area contributed by atoms with Crippen LogP contribution < -0.4 is 0 Å². The van der Waals surface area contributed by atoms with Crippen molar-refractivity contribution in [2.45, 2.75) is 69.3 Å². The Morgan fingerprint density at radius 2 is 1.58 bits per heavy atom. The summed E-state index contributed by atoms with van der Waals surface area (Å²) in [5.41, 5.74) is 0. The van der Waals surface area contributed by atoms with Gasteiger partial charge in [0.05, 0.1) is 18.8 Å². The Kier molecular flexibility index (Phi) is 6.91. The molecule has 4 atom stereocenters. The monoisotopic (exact) mass is 370 g/mol. The first kappa shape index (κ1) is 20.0. The van der Waals surface area contributed by atoms with Crippen LogP contribution in [-0.4, -0.2) is 93.3 Å². The Labute approximate surface area is 155 Å². The first-order valence-corrected chi connectivity index (χ1v) is 10.2. The summed E-state index contributed by atoms with van der Waals surface area (Å²) in [6.07, 6.45) is 4.10. The van der Waals surface area contributed by atoms with E-state index in [2.05, 4.69) is 0 Å². The number of carbonyl (C=O) groups excluding carboxylic acids is 1. The first-order valence-electron chi connectivity index (χ1n) is 10.2. The smallest absolute Gasteiger partial charge is 0.225 e. The molecule has 2 aliphatic heterocycles. The summed E-state index contributed by atoms with van der Waals surface area (Å²) < 4.78 is 0. The van der Waals surface area contributed by atoms with E-state index in [0.717, 1.165) is 38.8 Å². The van der Waals surface area contributed by atoms with E-state index in [1.54, 1.807) is 0 Å². The molecule has 1 amide bonds. The molecule has 0 aromatic carbocycles. The molecule has 1 saturated carbocycles. The number of carbonyl (C=O) groups is 1. The molecule has 1 aliphatic carbocycles. The molecule has 0 unspecified atom stereocenters. The lowest BCUT2D eigenvalue weighted by Crippen LogP contribution is -2.63. The summed E-state index contributed by atoms with van der Waals surface area (Å²) in [4.78, 5) is 16.6. The summed E-state index contributed by atoms with van der Waals surface area (Å²) in [7, 11) is 0. The molecule has 0 aromatic rings. The molecule has 4 N–H and O–H groups in total. The predicted octanol–water partition coefficient (Wildman–Crippen LogP) is -0.435. The highest BCUT2D eigenvalue weighted by molar-refractivity contribution is 5.79. The molecule has 0 aromatic heterocycles. The maximum atomic E-state index is 12.7. The van der Waals surface area contributed by atoms with Crippen LogP contribution in [0.25, 0.3) is 0 Å². The first-order chi connectivity index (χ1) is 12.5. The highest BCUT2D eigenvalue weighted by Gasteiger charge is 2.42. The van der Waals surface area contributed by atoms with Crippen molar-refractivity contribution in [1.29, 1.82) is 0 Å². The number of rotatable bonds is 4. The van der Waals surface area contributed by atoms with Crippen LogP contribution in [0.1, 0.15) is 44.9 Å². The third-order valence-electron chi connectivity index (χ3n) is 6.59. The summed E-state index contributed by atoms with van der Waals surface area (Å²) in [6.45, 7) is 2.21. The minimum absolute atomic E-state index is 0.216. The maximum Gasteiger partial charge on any atom is 0.225 e. The zero-order chi connectivity index (χ0) is 18.7. The largest absolute Gasteiger partial charge is 0.395 e. The molecule has 0 bridgehead atoms. The number of piperidine rings is 2. The molecule has 3 aliphatic rings. The number of amides is 1. The van der Waals surface area contributed by atoms with Crippen LogP contribution in [0.3, 0.4) is 0 Å². The van der Waals surface area contributed by atoms with Gasteiger partial charge in [0.25, 0.3) is 0 Å². The van der Waals surface area contributed by atoms with Gasteiger partial charge < -0.3 is 25.3 Å². The van der Waals surface area contributed by atoms with Gasteiger partial charge in [-0.2, -0.15) is 0 Å². The van der Waals surface area contributed by atoms with E-state index in [4.69, 9.17) is 0 Å². The molecule has 7 nitrogen and oxygen atoms in total. The second-order valence-electron chi connectivity index (χ2n) is 8.36. The average Bonchev–Trinajstić information content (AvgIpc) is 2.67. The lowest BCUT2D eigenvalue weighted by molar-refractivity contribution is -0.149. The van der Waals surface area contributed by atoms with Crippen molar-refractivity contribution in [3.63, 3.8) is 0 Å². The van der Waals surface area contributed by atoms with Crippen LogP contribution in [-0.2, 0) is 4.79 Å². The Bertz CT molecular complexity index is 463. The van der Waals surface area contributed by atoms with E-state index in [9.17, 15) is 25.2 Å². The van der Waals surface area contributed by atoms with E-state index >= 15 is 0 Å². The molecule has 3 rings (SSSR count). The SMILES string of the molecule is O=C(C1CCCCC1)N1CCC(CN2C[C@H](O)[C@@H](O)[C@H](O)[C@@H]2CO)CC1. The van der Waals surface area contributed by atoms with Crippen molar-refractivity contribution in [3.05, 3.63) is 0 Å². The van der Waals surface area contributed by atoms with Crippen LogP contribution in [0.2, 0.25) is 0 Å². The van der Waals surface area contributed by atoms with Crippen LogP contribution >= 0.6 is 0 Å². The molecule has 2 heterocycles. The fourth-order valence-electron chi connectivity index (χ4n) is 4.86. The van der Waals surface area contributed by atoms with Gasteiger partial charge in [-0.25, -0.2) is 0 Å². The van der Waals surface area contributed by atoms with Crippen LogP contribution in [0.15, 0.2) is 0 Å². The fraction of sp³-hybridized carbons (Fsp3) is 0.947. The van der Waals surface area contributed by atoms with E-state index in [0.29, 0.717) is 18.4 Å². The Morgan fingerprint density at radius 3 is 2.19 bits per heavy atom. The van der Waals surface area contributed by atoms with E-state index in [-0.39, 0.29) is 19.1 Å². The number of nitrogens with zero attached hydrogens (tertiary/aromatic N) is 2.